The molecule has 0 spiro atoms. The zero-order valence-electron chi connectivity index (χ0n) is 13.3. The topological polar surface area (TPSA) is 54.9 Å². The fourth-order valence-corrected chi connectivity index (χ4v) is 2.89. The molecule has 1 amide bonds. The van der Waals surface area contributed by atoms with E-state index in [1.165, 1.54) is 0 Å². The molecule has 0 bridgehead atoms. The number of alkyl halides is 2. The molecule has 0 aliphatic heterocycles. The van der Waals surface area contributed by atoms with Crippen molar-refractivity contribution in [1.82, 2.24) is 15.3 Å². The average molecular weight is 311 g/mol. The van der Waals surface area contributed by atoms with Crippen LogP contribution >= 0.6 is 0 Å². The first-order chi connectivity index (χ1) is 10.2. The zero-order valence-corrected chi connectivity index (χ0v) is 13.3. The summed E-state index contributed by atoms with van der Waals surface area (Å²) in [7, 11) is 0. The lowest BCUT2D eigenvalue weighted by Crippen LogP contribution is -2.42. The molecule has 1 unspecified atom stereocenters. The SMILES string of the molecule is CC(C)c1nccc(C(=O)NCC2(C)CCCC(F)(F)C2)n1. The molecule has 0 aromatic carbocycles. The van der Waals surface area contributed by atoms with Crippen LogP contribution in [0.3, 0.4) is 0 Å². The van der Waals surface area contributed by atoms with Crippen LogP contribution in [0.4, 0.5) is 8.78 Å². The minimum absolute atomic E-state index is 0.0554. The van der Waals surface area contributed by atoms with Crippen LogP contribution in [-0.2, 0) is 0 Å². The number of nitrogens with one attached hydrogen (secondary N) is 1. The molecule has 0 saturated heterocycles. The highest BCUT2D eigenvalue weighted by molar-refractivity contribution is 5.92. The Labute approximate surface area is 129 Å². The van der Waals surface area contributed by atoms with Crippen molar-refractivity contribution in [3.8, 4) is 0 Å². The van der Waals surface area contributed by atoms with Gasteiger partial charge in [-0.3, -0.25) is 4.79 Å². The lowest BCUT2D eigenvalue weighted by atomic mass is 9.74. The maximum atomic E-state index is 13.6. The van der Waals surface area contributed by atoms with E-state index in [4.69, 9.17) is 0 Å². The number of hydrogen-bond acceptors (Lipinski definition) is 3. The molecule has 4 nitrogen and oxygen atoms in total. The van der Waals surface area contributed by atoms with Crippen LogP contribution in [0.1, 0.15) is 68.7 Å². The van der Waals surface area contributed by atoms with Crippen LogP contribution in [-0.4, -0.2) is 28.3 Å². The molecule has 1 aromatic heterocycles. The van der Waals surface area contributed by atoms with Crippen molar-refractivity contribution in [2.45, 2.75) is 58.3 Å². The van der Waals surface area contributed by atoms with Gasteiger partial charge in [0, 0.05) is 31.5 Å². The summed E-state index contributed by atoms with van der Waals surface area (Å²) in [4.78, 5) is 20.5. The predicted molar refractivity (Wildman–Crippen MR) is 80.0 cm³/mol. The van der Waals surface area contributed by atoms with Crippen LogP contribution in [0.2, 0.25) is 0 Å². The first-order valence-electron chi connectivity index (χ1n) is 7.70. The van der Waals surface area contributed by atoms with Crippen molar-refractivity contribution < 1.29 is 13.6 Å². The zero-order chi connectivity index (χ0) is 16.4. The Bertz CT molecular complexity index is 548. The van der Waals surface area contributed by atoms with Gasteiger partial charge < -0.3 is 5.32 Å². The predicted octanol–water partition coefficient (Wildman–Crippen LogP) is 3.55. The van der Waals surface area contributed by atoms with Crippen molar-refractivity contribution >= 4 is 5.91 Å². The number of aromatic nitrogens is 2. The third kappa shape index (κ3) is 4.21. The van der Waals surface area contributed by atoms with Gasteiger partial charge in [-0.1, -0.05) is 20.8 Å². The monoisotopic (exact) mass is 311 g/mol. The lowest BCUT2D eigenvalue weighted by Gasteiger charge is -2.38. The van der Waals surface area contributed by atoms with Crippen molar-refractivity contribution in [3.63, 3.8) is 0 Å². The Kier molecular flexibility index (Phi) is 4.78. The third-order valence-electron chi connectivity index (χ3n) is 4.11. The Morgan fingerprint density at radius 3 is 2.77 bits per heavy atom. The molecule has 1 N–H and O–H groups in total. The number of amides is 1. The number of rotatable bonds is 4. The van der Waals surface area contributed by atoms with Crippen LogP contribution < -0.4 is 5.32 Å². The second kappa shape index (κ2) is 6.26. The standard InChI is InChI=1S/C16H23F2N3O/c1-11(2)13-19-8-5-12(21-13)14(22)20-10-15(3)6-4-7-16(17,18)9-15/h5,8,11H,4,6-7,9-10H2,1-3H3,(H,20,22). The molecule has 1 atom stereocenters. The molecule has 1 fully saturated rings. The van der Waals surface area contributed by atoms with Gasteiger partial charge in [-0.25, -0.2) is 18.7 Å². The molecule has 2 rings (SSSR count). The summed E-state index contributed by atoms with van der Waals surface area (Å²) < 4.78 is 27.1. The first kappa shape index (κ1) is 16.8. The van der Waals surface area contributed by atoms with Gasteiger partial charge in [0.1, 0.15) is 11.5 Å². The van der Waals surface area contributed by atoms with Gasteiger partial charge in [0.05, 0.1) is 0 Å². The molecule has 6 heteroatoms. The highest BCUT2D eigenvalue weighted by Gasteiger charge is 2.43. The molecule has 0 radical (unpaired) electrons. The minimum atomic E-state index is -2.63. The van der Waals surface area contributed by atoms with E-state index in [0.29, 0.717) is 18.7 Å². The summed E-state index contributed by atoms with van der Waals surface area (Å²) in [6.07, 6.45) is 2.50. The van der Waals surface area contributed by atoms with E-state index in [2.05, 4.69) is 15.3 Å². The van der Waals surface area contributed by atoms with Crippen molar-refractivity contribution in [2.24, 2.45) is 5.41 Å². The van der Waals surface area contributed by atoms with Gasteiger partial charge in [-0.15, -0.1) is 0 Å². The first-order valence-corrected chi connectivity index (χ1v) is 7.70. The fraction of sp³-hybridized carbons (Fsp3) is 0.688. The Morgan fingerprint density at radius 1 is 1.41 bits per heavy atom. The number of halogens is 2. The van der Waals surface area contributed by atoms with Crippen molar-refractivity contribution in [3.05, 3.63) is 23.8 Å². The third-order valence-corrected chi connectivity index (χ3v) is 4.11. The molecular formula is C16H23F2N3O. The maximum Gasteiger partial charge on any atom is 0.270 e. The van der Waals surface area contributed by atoms with Crippen LogP contribution in [0.5, 0.6) is 0 Å². The van der Waals surface area contributed by atoms with E-state index in [0.717, 1.165) is 0 Å². The molecule has 1 heterocycles. The maximum absolute atomic E-state index is 13.6. The Hall–Kier alpha value is -1.59. The number of carbonyl (C=O) groups excluding carboxylic acids is 1. The van der Waals surface area contributed by atoms with Crippen LogP contribution in [0.15, 0.2) is 12.3 Å². The normalized spacial score (nSPS) is 24.3. The van der Waals surface area contributed by atoms with Gasteiger partial charge in [0.25, 0.3) is 5.91 Å². The van der Waals surface area contributed by atoms with E-state index >= 15 is 0 Å². The summed E-state index contributed by atoms with van der Waals surface area (Å²) >= 11 is 0. The van der Waals surface area contributed by atoms with Crippen LogP contribution in [0.25, 0.3) is 0 Å². The van der Waals surface area contributed by atoms with E-state index in [-0.39, 0.29) is 36.9 Å². The molecule has 122 valence electrons. The summed E-state index contributed by atoms with van der Waals surface area (Å²) in [5.74, 6) is -2.23. The lowest BCUT2D eigenvalue weighted by molar-refractivity contribution is -0.0766. The van der Waals surface area contributed by atoms with Gasteiger partial charge in [-0.2, -0.15) is 0 Å². The summed E-state index contributed by atoms with van der Waals surface area (Å²) in [6.45, 7) is 5.94. The Morgan fingerprint density at radius 2 is 2.14 bits per heavy atom. The van der Waals surface area contributed by atoms with Gasteiger partial charge in [0.2, 0.25) is 5.92 Å². The average Bonchev–Trinajstić information content (AvgIpc) is 2.43. The second-order valence-electron chi connectivity index (χ2n) is 6.83. The van der Waals surface area contributed by atoms with Crippen LogP contribution in [0, 0.1) is 5.41 Å². The van der Waals surface area contributed by atoms with E-state index in [1.807, 2.05) is 13.8 Å². The van der Waals surface area contributed by atoms with Gasteiger partial charge >= 0.3 is 0 Å². The summed E-state index contributed by atoms with van der Waals surface area (Å²) in [5.41, 5.74) is -0.282. The largest absolute Gasteiger partial charge is 0.350 e. The van der Waals surface area contributed by atoms with E-state index in [1.54, 1.807) is 19.2 Å². The Balaban J connectivity index is 1.99. The second-order valence-corrected chi connectivity index (χ2v) is 6.83. The van der Waals surface area contributed by atoms with Crippen molar-refractivity contribution in [2.75, 3.05) is 6.54 Å². The molecule has 1 aliphatic carbocycles. The number of nitrogens with zero attached hydrogens (tertiary/aromatic N) is 2. The van der Waals surface area contributed by atoms with E-state index in [9.17, 15) is 13.6 Å². The fourth-order valence-electron chi connectivity index (χ4n) is 2.89. The molecule has 1 saturated carbocycles. The van der Waals surface area contributed by atoms with Gasteiger partial charge in [0.15, 0.2) is 0 Å². The highest BCUT2D eigenvalue weighted by atomic mass is 19.3. The van der Waals surface area contributed by atoms with E-state index < -0.39 is 11.3 Å². The summed E-state index contributed by atoms with van der Waals surface area (Å²) in [5, 5.41) is 2.75. The van der Waals surface area contributed by atoms with Crippen molar-refractivity contribution in [1.29, 1.82) is 0 Å². The number of hydrogen-bond donors (Lipinski definition) is 1. The highest BCUT2D eigenvalue weighted by Crippen LogP contribution is 2.43. The van der Waals surface area contributed by atoms with Gasteiger partial charge in [-0.05, 0) is 24.3 Å². The minimum Gasteiger partial charge on any atom is -0.350 e. The summed E-state index contributed by atoms with van der Waals surface area (Å²) in [6, 6.07) is 1.54. The molecule has 22 heavy (non-hydrogen) atoms. The quantitative estimate of drug-likeness (QED) is 0.925. The molecule has 1 aliphatic rings. The number of carbonyl (C=O) groups is 1. The smallest absolute Gasteiger partial charge is 0.270 e. The molecular weight excluding hydrogens is 288 g/mol. The molecule has 1 aromatic rings.